The van der Waals surface area contributed by atoms with Crippen molar-refractivity contribution in [3.8, 4) is 11.5 Å². The van der Waals surface area contributed by atoms with Crippen molar-refractivity contribution in [2.75, 3.05) is 18.0 Å². The number of piperidine rings is 1. The van der Waals surface area contributed by atoms with Gasteiger partial charge in [0.25, 0.3) is 5.89 Å². The third-order valence-corrected chi connectivity index (χ3v) is 3.67. The molecule has 7 nitrogen and oxygen atoms in total. The number of hydrogen-bond acceptors (Lipinski definition) is 6. The number of hydrogen-bond donors (Lipinski definition) is 1. The Kier molecular flexibility index (Phi) is 3.55. The lowest BCUT2D eigenvalue weighted by Crippen LogP contribution is -2.41. The van der Waals surface area contributed by atoms with Gasteiger partial charge in [-0.3, -0.25) is 4.79 Å². The maximum atomic E-state index is 11.3. The van der Waals surface area contributed by atoms with Gasteiger partial charge in [0.15, 0.2) is 5.82 Å². The molecule has 0 spiro atoms. The zero-order valence-electron chi connectivity index (χ0n) is 11.8. The van der Waals surface area contributed by atoms with Crippen LogP contribution in [-0.2, 0) is 4.79 Å². The van der Waals surface area contributed by atoms with Gasteiger partial charge in [-0.25, -0.2) is 4.98 Å². The summed E-state index contributed by atoms with van der Waals surface area (Å²) in [6, 6.07) is 3.79. The second kappa shape index (κ2) is 5.51. The largest absolute Gasteiger partial charge is 0.369 e. The third kappa shape index (κ3) is 2.86. The van der Waals surface area contributed by atoms with Crippen LogP contribution >= 0.6 is 0 Å². The summed E-state index contributed by atoms with van der Waals surface area (Å²) < 4.78 is 5.11. The van der Waals surface area contributed by atoms with Gasteiger partial charge in [-0.1, -0.05) is 5.16 Å². The van der Waals surface area contributed by atoms with E-state index in [4.69, 9.17) is 10.3 Å². The number of aryl methyl sites for hydroxylation is 1. The van der Waals surface area contributed by atoms with Gasteiger partial charge in [-0.05, 0) is 31.9 Å². The monoisotopic (exact) mass is 287 g/mol. The molecule has 110 valence electrons. The highest BCUT2D eigenvalue weighted by Gasteiger charge is 2.24. The van der Waals surface area contributed by atoms with Crippen LogP contribution in [0.15, 0.2) is 22.9 Å². The van der Waals surface area contributed by atoms with Crippen molar-refractivity contribution in [3.05, 3.63) is 24.2 Å². The molecule has 0 saturated carbocycles. The van der Waals surface area contributed by atoms with E-state index in [1.165, 1.54) is 0 Å². The SMILES string of the molecule is Cc1noc(-c2ccc(N3CCC[C@@H](C(N)=O)C3)nc2)n1. The van der Waals surface area contributed by atoms with Crippen molar-refractivity contribution in [2.24, 2.45) is 11.7 Å². The van der Waals surface area contributed by atoms with Crippen molar-refractivity contribution >= 4 is 11.7 Å². The van der Waals surface area contributed by atoms with Crippen LogP contribution in [0.25, 0.3) is 11.5 Å². The number of pyridine rings is 1. The summed E-state index contributed by atoms with van der Waals surface area (Å²) >= 11 is 0. The quantitative estimate of drug-likeness (QED) is 0.909. The van der Waals surface area contributed by atoms with Crippen LogP contribution < -0.4 is 10.6 Å². The molecular formula is C14H17N5O2. The average Bonchev–Trinajstić information content (AvgIpc) is 2.94. The van der Waals surface area contributed by atoms with E-state index in [-0.39, 0.29) is 11.8 Å². The van der Waals surface area contributed by atoms with Crippen LogP contribution in [0.1, 0.15) is 18.7 Å². The molecule has 7 heteroatoms. The van der Waals surface area contributed by atoms with Crippen molar-refractivity contribution in [1.29, 1.82) is 0 Å². The first-order valence-electron chi connectivity index (χ1n) is 6.94. The molecule has 1 fully saturated rings. The smallest absolute Gasteiger partial charge is 0.259 e. The van der Waals surface area contributed by atoms with Crippen LogP contribution in [0.2, 0.25) is 0 Å². The van der Waals surface area contributed by atoms with E-state index in [0.29, 0.717) is 18.3 Å². The molecule has 2 aromatic rings. The summed E-state index contributed by atoms with van der Waals surface area (Å²) in [7, 11) is 0. The number of carbonyl (C=O) groups excluding carboxylic acids is 1. The highest BCUT2D eigenvalue weighted by atomic mass is 16.5. The predicted molar refractivity (Wildman–Crippen MR) is 76.4 cm³/mol. The average molecular weight is 287 g/mol. The molecule has 1 saturated heterocycles. The molecule has 1 aliphatic rings. The van der Waals surface area contributed by atoms with Gasteiger partial charge in [-0.2, -0.15) is 4.98 Å². The van der Waals surface area contributed by atoms with Crippen LogP contribution in [0.4, 0.5) is 5.82 Å². The summed E-state index contributed by atoms with van der Waals surface area (Å²) in [6.07, 6.45) is 3.50. The summed E-state index contributed by atoms with van der Waals surface area (Å²) in [4.78, 5) is 22.0. The topological polar surface area (TPSA) is 98.1 Å². The molecule has 0 radical (unpaired) electrons. The summed E-state index contributed by atoms with van der Waals surface area (Å²) in [5, 5.41) is 3.76. The van der Waals surface area contributed by atoms with Crippen molar-refractivity contribution < 1.29 is 9.32 Å². The first-order valence-corrected chi connectivity index (χ1v) is 6.94. The van der Waals surface area contributed by atoms with Gasteiger partial charge in [-0.15, -0.1) is 0 Å². The Labute approximate surface area is 122 Å². The molecule has 2 N–H and O–H groups in total. The molecule has 3 rings (SSSR count). The Morgan fingerprint density at radius 1 is 1.48 bits per heavy atom. The Hall–Kier alpha value is -2.44. The van der Waals surface area contributed by atoms with E-state index in [2.05, 4.69) is 20.0 Å². The molecule has 0 aliphatic carbocycles. The molecule has 1 aliphatic heterocycles. The van der Waals surface area contributed by atoms with Gasteiger partial charge in [0.2, 0.25) is 5.91 Å². The number of rotatable bonds is 3. The lowest BCUT2D eigenvalue weighted by atomic mass is 9.97. The Morgan fingerprint density at radius 3 is 2.95 bits per heavy atom. The predicted octanol–water partition coefficient (Wildman–Crippen LogP) is 1.14. The fourth-order valence-electron chi connectivity index (χ4n) is 2.53. The minimum Gasteiger partial charge on any atom is -0.369 e. The number of carbonyl (C=O) groups is 1. The van der Waals surface area contributed by atoms with Gasteiger partial charge in [0.1, 0.15) is 5.82 Å². The Bertz CT molecular complexity index is 637. The normalized spacial score (nSPS) is 18.7. The van der Waals surface area contributed by atoms with E-state index >= 15 is 0 Å². The van der Waals surface area contributed by atoms with Crippen LogP contribution in [0.3, 0.4) is 0 Å². The standard InChI is InChI=1S/C14H17N5O2/c1-9-17-14(21-18-9)10-4-5-12(16-7-10)19-6-2-3-11(8-19)13(15)20/h4-5,7,11H,2-3,6,8H2,1H3,(H2,15,20)/t11-/m1/s1. The van der Waals surface area contributed by atoms with E-state index in [9.17, 15) is 4.79 Å². The molecule has 21 heavy (non-hydrogen) atoms. The first kappa shape index (κ1) is 13.5. The van der Waals surface area contributed by atoms with E-state index in [0.717, 1.165) is 30.8 Å². The Balaban J connectivity index is 1.76. The lowest BCUT2D eigenvalue weighted by Gasteiger charge is -2.32. The summed E-state index contributed by atoms with van der Waals surface area (Å²) in [5.41, 5.74) is 6.18. The van der Waals surface area contributed by atoms with E-state index in [1.807, 2.05) is 12.1 Å². The van der Waals surface area contributed by atoms with Crippen LogP contribution in [0, 0.1) is 12.8 Å². The van der Waals surface area contributed by atoms with Gasteiger partial charge in [0.05, 0.1) is 11.5 Å². The number of primary amides is 1. The number of nitrogens with zero attached hydrogens (tertiary/aromatic N) is 4. The zero-order valence-corrected chi connectivity index (χ0v) is 11.8. The maximum absolute atomic E-state index is 11.3. The van der Waals surface area contributed by atoms with E-state index < -0.39 is 0 Å². The second-order valence-corrected chi connectivity index (χ2v) is 5.24. The van der Waals surface area contributed by atoms with Gasteiger partial charge >= 0.3 is 0 Å². The lowest BCUT2D eigenvalue weighted by molar-refractivity contribution is -0.122. The number of nitrogens with two attached hydrogens (primary N) is 1. The fourth-order valence-corrected chi connectivity index (χ4v) is 2.53. The molecule has 1 atom stereocenters. The van der Waals surface area contributed by atoms with Crippen molar-refractivity contribution in [2.45, 2.75) is 19.8 Å². The minimum atomic E-state index is -0.238. The number of aromatic nitrogens is 3. The molecular weight excluding hydrogens is 270 g/mol. The van der Waals surface area contributed by atoms with Gasteiger partial charge in [0, 0.05) is 19.3 Å². The maximum Gasteiger partial charge on any atom is 0.259 e. The van der Waals surface area contributed by atoms with Gasteiger partial charge < -0.3 is 15.2 Å². The number of anilines is 1. The zero-order chi connectivity index (χ0) is 14.8. The molecule has 2 aromatic heterocycles. The summed E-state index contributed by atoms with van der Waals surface area (Å²) in [6.45, 7) is 3.28. The fraction of sp³-hybridized carbons (Fsp3) is 0.429. The minimum absolute atomic E-state index is 0.0983. The first-order chi connectivity index (χ1) is 10.1. The molecule has 0 bridgehead atoms. The second-order valence-electron chi connectivity index (χ2n) is 5.24. The number of amides is 1. The van der Waals surface area contributed by atoms with Crippen molar-refractivity contribution in [1.82, 2.24) is 15.1 Å². The van der Waals surface area contributed by atoms with Crippen molar-refractivity contribution in [3.63, 3.8) is 0 Å². The van der Waals surface area contributed by atoms with E-state index in [1.54, 1.807) is 13.1 Å². The van der Waals surface area contributed by atoms with Crippen LogP contribution in [-0.4, -0.2) is 34.1 Å². The van der Waals surface area contributed by atoms with Crippen LogP contribution in [0.5, 0.6) is 0 Å². The Morgan fingerprint density at radius 2 is 2.33 bits per heavy atom. The highest BCUT2D eigenvalue weighted by Crippen LogP contribution is 2.23. The molecule has 3 heterocycles. The highest BCUT2D eigenvalue weighted by molar-refractivity contribution is 5.77. The summed E-state index contributed by atoms with van der Waals surface area (Å²) in [5.74, 6) is 1.55. The molecule has 0 unspecified atom stereocenters. The molecule has 1 amide bonds. The molecule has 0 aromatic carbocycles. The third-order valence-electron chi connectivity index (χ3n) is 3.67.